The van der Waals surface area contributed by atoms with Gasteiger partial charge in [-0.1, -0.05) is 18.2 Å². The molecule has 6 heteroatoms. The molecule has 3 rings (SSSR count). The van der Waals surface area contributed by atoms with Gasteiger partial charge in [0.1, 0.15) is 0 Å². The summed E-state index contributed by atoms with van der Waals surface area (Å²) in [5.74, 6) is -0.167. The Labute approximate surface area is 147 Å². The lowest BCUT2D eigenvalue weighted by Crippen LogP contribution is -2.43. The number of hydrogen-bond acceptors (Lipinski definition) is 3. The molecule has 0 bridgehead atoms. The zero-order valence-electron chi connectivity index (χ0n) is 12.5. The van der Waals surface area contributed by atoms with Crippen molar-refractivity contribution in [2.75, 3.05) is 18.4 Å². The smallest absolute Gasteiger partial charge is 0.254 e. The Morgan fingerprint density at radius 3 is 2.74 bits per heavy atom. The predicted octanol–water partition coefficient (Wildman–Crippen LogP) is 4.00. The van der Waals surface area contributed by atoms with E-state index in [9.17, 15) is 9.59 Å². The molecular weight excluding hydrogens is 376 g/mol. The monoisotopic (exact) mass is 392 g/mol. The lowest BCUT2D eigenvalue weighted by atomic mass is 9.96. The van der Waals surface area contributed by atoms with Crippen molar-refractivity contribution in [1.82, 2.24) is 4.90 Å². The summed E-state index contributed by atoms with van der Waals surface area (Å²) in [6.07, 6.45) is 1.67. The van der Waals surface area contributed by atoms with Crippen LogP contribution in [0.25, 0.3) is 0 Å². The zero-order chi connectivity index (χ0) is 16.2. The van der Waals surface area contributed by atoms with Crippen LogP contribution in [0.5, 0.6) is 0 Å². The van der Waals surface area contributed by atoms with Crippen molar-refractivity contribution in [1.29, 1.82) is 0 Å². The van der Waals surface area contributed by atoms with E-state index in [1.807, 2.05) is 41.8 Å². The van der Waals surface area contributed by atoms with Crippen molar-refractivity contribution in [3.63, 3.8) is 0 Å². The third-order valence-corrected chi connectivity index (χ3v) is 5.44. The Balaban J connectivity index is 1.63. The summed E-state index contributed by atoms with van der Waals surface area (Å²) in [5.41, 5.74) is 1.48. The number of anilines is 1. The standard InChI is InChI=1S/C17H17BrN2O2S/c18-15-9-13(11-23-15)17(22)20-8-4-5-12(10-20)16(21)19-14-6-2-1-3-7-14/h1-3,6-7,9,11-12H,4-5,8,10H2,(H,19,21). The van der Waals surface area contributed by atoms with Crippen LogP contribution in [0.2, 0.25) is 0 Å². The number of benzene rings is 1. The third-order valence-electron chi connectivity index (χ3n) is 3.94. The normalized spacial score (nSPS) is 17.8. The second-order valence-electron chi connectivity index (χ2n) is 5.59. The molecule has 23 heavy (non-hydrogen) atoms. The van der Waals surface area contributed by atoms with Gasteiger partial charge in [0.2, 0.25) is 5.91 Å². The van der Waals surface area contributed by atoms with Gasteiger partial charge in [0.05, 0.1) is 15.3 Å². The average Bonchev–Trinajstić information content (AvgIpc) is 3.01. The van der Waals surface area contributed by atoms with Crippen LogP contribution in [0.4, 0.5) is 5.69 Å². The van der Waals surface area contributed by atoms with Gasteiger partial charge in [0.25, 0.3) is 5.91 Å². The Hall–Kier alpha value is -1.66. The van der Waals surface area contributed by atoms with Gasteiger partial charge in [-0.05, 0) is 47.0 Å². The lowest BCUT2D eigenvalue weighted by molar-refractivity contribution is -0.121. The second-order valence-corrected chi connectivity index (χ2v) is 7.88. The molecule has 1 N–H and O–H groups in total. The highest BCUT2D eigenvalue weighted by Crippen LogP contribution is 2.25. The first-order chi connectivity index (χ1) is 11.1. The molecule has 120 valence electrons. The summed E-state index contributed by atoms with van der Waals surface area (Å²) in [5, 5.41) is 4.78. The summed E-state index contributed by atoms with van der Waals surface area (Å²) in [4.78, 5) is 26.7. The number of thiophene rings is 1. The van der Waals surface area contributed by atoms with Crippen molar-refractivity contribution < 1.29 is 9.59 Å². The minimum Gasteiger partial charge on any atom is -0.338 e. The van der Waals surface area contributed by atoms with Crippen LogP contribution >= 0.6 is 27.3 Å². The van der Waals surface area contributed by atoms with Crippen LogP contribution in [-0.4, -0.2) is 29.8 Å². The van der Waals surface area contributed by atoms with Crippen molar-refractivity contribution in [3.8, 4) is 0 Å². The predicted molar refractivity (Wildman–Crippen MR) is 95.7 cm³/mol. The molecule has 0 saturated carbocycles. The molecule has 2 heterocycles. The number of piperidine rings is 1. The number of amides is 2. The Morgan fingerprint density at radius 1 is 1.26 bits per heavy atom. The average molecular weight is 393 g/mol. The highest BCUT2D eigenvalue weighted by Gasteiger charge is 2.29. The Morgan fingerprint density at radius 2 is 2.04 bits per heavy atom. The van der Waals surface area contributed by atoms with E-state index in [-0.39, 0.29) is 17.7 Å². The van der Waals surface area contributed by atoms with E-state index in [1.54, 1.807) is 4.90 Å². The first-order valence-electron chi connectivity index (χ1n) is 7.52. The maximum atomic E-state index is 12.5. The molecule has 2 aromatic rings. The fourth-order valence-corrected chi connectivity index (χ4v) is 3.88. The molecule has 1 aromatic heterocycles. The maximum Gasteiger partial charge on any atom is 0.254 e. The third kappa shape index (κ3) is 4.00. The number of carbonyl (C=O) groups is 2. The number of carbonyl (C=O) groups excluding carboxylic acids is 2. The second kappa shape index (κ2) is 7.27. The summed E-state index contributed by atoms with van der Waals surface area (Å²) >= 11 is 4.88. The van der Waals surface area contributed by atoms with Gasteiger partial charge in [-0.2, -0.15) is 0 Å². The van der Waals surface area contributed by atoms with Gasteiger partial charge < -0.3 is 10.2 Å². The van der Waals surface area contributed by atoms with Crippen molar-refractivity contribution in [2.24, 2.45) is 5.92 Å². The first-order valence-corrected chi connectivity index (χ1v) is 9.20. The largest absolute Gasteiger partial charge is 0.338 e. The van der Waals surface area contributed by atoms with Crippen LogP contribution in [0.3, 0.4) is 0 Å². The number of para-hydroxylation sites is 1. The van der Waals surface area contributed by atoms with Crippen LogP contribution in [0.15, 0.2) is 45.6 Å². The fourth-order valence-electron chi connectivity index (χ4n) is 2.75. The topological polar surface area (TPSA) is 49.4 Å². The SMILES string of the molecule is O=C(Nc1ccccc1)C1CCCN(C(=O)c2csc(Br)c2)C1. The molecule has 2 amide bonds. The summed E-state index contributed by atoms with van der Waals surface area (Å²) < 4.78 is 0.941. The van der Waals surface area contributed by atoms with Crippen LogP contribution in [-0.2, 0) is 4.79 Å². The van der Waals surface area contributed by atoms with E-state index in [0.29, 0.717) is 18.7 Å². The van der Waals surface area contributed by atoms with E-state index < -0.39 is 0 Å². The molecule has 1 aliphatic rings. The fraction of sp³-hybridized carbons (Fsp3) is 0.294. The number of hydrogen-bond donors (Lipinski definition) is 1. The highest BCUT2D eigenvalue weighted by molar-refractivity contribution is 9.11. The number of likely N-dealkylation sites (tertiary alicyclic amines) is 1. The van der Waals surface area contributed by atoms with Gasteiger partial charge in [-0.25, -0.2) is 0 Å². The molecular formula is C17H17BrN2O2S. The van der Waals surface area contributed by atoms with E-state index in [1.165, 1.54) is 11.3 Å². The van der Waals surface area contributed by atoms with Crippen molar-refractivity contribution >= 4 is 44.8 Å². The summed E-state index contributed by atoms with van der Waals surface area (Å²) in [6.45, 7) is 1.19. The van der Waals surface area contributed by atoms with Gasteiger partial charge in [-0.3, -0.25) is 9.59 Å². The number of nitrogens with zero attached hydrogens (tertiary/aromatic N) is 1. The van der Waals surface area contributed by atoms with Gasteiger partial charge in [-0.15, -0.1) is 11.3 Å². The molecule has 0 radical (unpaired) electrons. The molecule has 1 fully saturated rings. The van der Waals surface area contributed by atoms with Gasteiger partial charge >= 0.3 is 0 Å². The lowest BCUT2D eigenvalue weighted by Gasteiger charge is -2.32. The number of nitrogens with one attached hydrogen (secondary N) is 1. The number of halogens is 1. The molecule has 0 spiro atoms. The molecule has 1 unspecified atom stereocenters. The van der Waals surface area contributed by atoms with Crippen molar-refractivity contribution in [2.45, 2.75) is 12.8 Å². The van der Waals surface area contributed by atoms with Crippen LogP contribution in [0, 0.1) is 5.92 Å². The van der Waals surface area contributed by atoms with Crippen molar-refractivity contribution in [3.05, 3.63) is 51.1 Å². The molecule has 1 saturated heterocycles. The van der Waals surface area contributed by atoms with Gasteiger partial charge in [0.15, 0.2) is 0 Å². The summed E-state index contributed by atoms with van der Waals surface area (Å²) in [6, 6.07) is 11.3. The Kier molecular flexibility index (Phi) is 5.13. The van der Waals surface area contributed by atoms with Crippen LogP contribution in [0.1, 0.15) is 23.2 Å². The number of rotatable bonds is 3. The van der Waals surface area contributed by atoms with E-state index in [0.717, 1.165) is 22.3 Å². The van der Waals surface area contributed by atoms with Crippen LogP contribution < -0.4 is 5.32 Å². The van der Waals surface area contributed by atoms with Gasteiger partial charge in [0, 0.05) is 24.2 Å². The summed E-state index contributed by atoms with van der Waals surface area (Å²) in [7, 11) is 0. The minimum atomic E-state index is -0.157. The van der Waals surface area contributed by atoms with E-state index in [4.69, 9.17) is 0 Å². The Bertz CT molecular complexity index is 702. The molecule has 1 aliphatic heterocycles. The minimum absolute atomic E-state index is 0.00385. The highest BCUT2D eigenvalue weighted by atomic mass is 79.9. The zero-order valence-corrected chi connectivity index (χ0v) is 14.9. The molecule has 4 nitrogen and oxygen atoms in total. The van der Waals surface area contributed by atoms with E-state index in [2.05, 4.69) is 21.2 Å². The maximum absolute atomic E-state index is 12.5. The van der Waals surface area contributed by atoms with E-state index >= 15 is 0 Å². The molecule has 1 atom stereocenters. The quantitative estimate of drug-likeness (QED) is 0.857. The molecule has 1 aromatic carbocycles. The molecule has 0 aliphatic carbocycles. The first kappa shape index (κ1) is 16.2.